The number of nitrogens with zero attached hydrogens (tertiary/aromatic N) is 1. The van der Waals surface area contributed by atoms with Crippen LogP contribution >= 0.6 is 24.8 Å². The molecule has 0 saturated carbocycles. The normalized spacial score (nSPS) is 21.9. The van der Waals surface area contributed by atoms with Gasteiger partial charge in [0, 0.05) is 19.6 Å². The van der Waals surface area contributed by atoms with Gasteiger partial charge in [0.05, 0.1) is 12.7 Å². The largest absolute Gasteiger partial charge is 0.376 e. The maximum Gasteiger partial charge on any atom is 0.0712 e. The van der Waals surface area contributed by atoms with Crippen LogP contribution in [0.15, 0.2) is 0 Å². The topological polar surface area (TPSA) is 24.5 Å². The van der Waals surface area contributed by atoms with Crippen LogP contribution in [0.3, 0.4) is 0 Å². The molecule has 3 nitrogen and oxygen atoms in total. The van der Waals surface area contributed by atoms with Gasteiger partial charge >= 0.3 is 0 Å². The average Bonchev–Trinajstić information content (AvgIpc) is 2.03. The van der Waals surface area contributed by atoms with E-state index in [0.717, 1.165) is 32.7 Å². The molecule has 1 atom stereocenters. The third kappa shape index (κ3) is 7.52. The summed E-state index contributed by atoms with van der Waals surface area (Å²) in [6.07, 6.45) is 1.58. The zero-order chi connectivity index (χ0) is 8.10. The number of halogens is 2. The first-order chi connectivity index (χ1) is 5.29. The van der Waals surface area contributed by atoms with E-state index in [0.29, 0.717) is 6.10 Å². The molecule has 0 spiro atoms. The second-order valence-corrected chi connectivity index (χ2v) is 3.29. The number of ether oxygens (including phenoxy) is 1. The van der Waals surface area contributed by atoms with Crippen LogP contribution in [0, 0.1) is 0 Å². The monoisotopic (exact) mass is 230 g/mol. The van der Waals surface area contributed by atoms with E-state index in [2.05, 4.69) is 24.3 Å². The fraction of sp³-hybridized carbons (Fsp3) is 1.00. The van der Waals surface area contributed by atoms with E-state index in [-0.39, 0.29) is 24.8 Å². The molecular formula is C8H20Cl2N2O. The minimum absolute atomic E-state index is 0. The summed E-state index contributed by atoms with van der Waals surface area (Å²) in [6, 6.07) is 0. The molecule has 1 rings (SSSR count). The highest BCUT2D eigenvalue weighted by molar-refractivity contribution is 5.85. The van der Waals surface area contributed by atoms with Crippen molar-refractivity contribution in [2.24, 2.45) is 0 Å². The highest BCUT2D eigenvalue weighted by atomic mass is 35.5. The van der Waals surface area contributed by atoms with Gasteiger partial charge < -0.3 is 15.0 Å². The van der Waals surface area contributed by atoms with Gasteiger partial charge in [-0.15, -0.1) is 24.8 Å². The third-order valence-corrected chi connectivity index (χ3v) is 1.90. The first kappa shape index (κ1) is 15.9. The van der Waals surface area contributed by atoms with E-state index in [1.54, 1.807) is 0 Å². The van der Waals surface area contributed by atoms with Gasteiger partial charge in [0.25, 0.3) is 0 Å². The Labute approximate surface area is 93.0 Å². The molecule has 0 aromatic rings. The highest BCUT2D eigenvalue weighted by Crippen LogP contribution is 2.01. The van der Waals surface area contributed by atoms with E-state index >= 15 is 0 Å². The van der Waals surface area contributed by atoms with Crippen molar-refractivity contribution < 1.29 is 4.74 Å². The second-order valence-electron chi connectivity index (χ2n) is 3.29. The Morgan fingerprint density at radius 1 is 1.38 bits per heavy atom. The van der Waals surface area contributed by atoms with Gasteiger partial charge in [0.1, 0.15) is 0 Å². The zero-order valence-corrected chi connectivity index (χ0v) is 9.92. The Kier molecular flexibility index (Phi) is 11.1. The second kappa shape index (κ2) is 9.03. The van der Waals surface area contributed by atoms with Gasteiger partial charge in [0.15, 0.2) is 0 Å². The molecule has 0 bridgehead atoms. The van der Waals surface area contributed by atoms with Crippen LogP contribution in [0.4, 0.5) is 0 Å². The van der Waals surface area contributed by atoms with E-state index in [1.807, 2.05) is 0 Å². The van der Waals surface area contributed by atoms with Crippen molar-refractivity contribution in [3.63, 3.8) is 0 Å². The molecule has 1 heterocycles. The predicted octanol–water partition coefficient (Wildman–Crippen LogP) is 0.770. The molecule has 0 aliphatic carbocycles. The molecule has 1 fully saturated rings. The van der Waals surface area contributed by atoms with Crippen LogP contribution in [0.1, 0.15) is 6.42 Å². The van der Waals surface area contributed by atoms with Crippen molar-refractivity contribution in [2.75, 3.05) is 40.3 Å². The highest BCUT2D eigenvalue weighted by Gasteiger charge is 2.12. The molecule has 13 heavy (non-hydrogen) atoms. The van der Waals surface area contributed by atoms with Crippen molar-refractivity contribution in [3.8, 4) is 0 Å². The zero-order valence-electron chi connectivity index (χ0n) is 8.28. The van der Waals surface area contributed by atoms with Gasteiger partial charge in [0.2, 0.25) is 0 Å². The predicted molar refractivity (Wildman–Crippen MR) is 60.3 cm³/mol. The Hall–Kier alpha value is 0.460. The van der Waals surface area contributed by atoms with Gasteiger partial charge in [-0.05, 0) is 20.5 Å². The summed E-state index contributed by atoms with van der Waals surface area (Å²) in [5.41, 5.74) is 0. The molecule has 1 saturated heterocycles. The lowest BCUT2D eigenvalue weighted by molar-refractivity contribution is 0.0198. The standard InChI is InChI=1S/C8H18N2O.2ClH/c1-10(2)5-3-8-7-9-4-6-11-8;;/h8-9H,3-7H2,1-2H3;2*1H. The van der Waals surface area contributed by atoms with Crippen LogP contribution in [0.2, 0.25) is 0 Å². The summed E-state index contributed by atoms with van der Waals surface area (Å²) in [4.78, 5) is 2.19. The van der Waals surface area contributed by atoms with Gasteiger partial charge in [-0.1, -0.05) is 0 Å². The molecule has 5 heteroatoms. The summed E-state index contributed by atoms with van der Waals surface area (Å²) in [7, 11) is 4.19. The fourth-order valence-electron chi connectivity index (χ4n) is 1.21. The smallest absolute Gasteiger partial charge is 0.0712 e. The van der Waals surface area contributed by atoms with Crippen molar-refractivity contribution in [1.29, 1.82) is 0 Å². The number of nitrogens with one attached hydrogen (secondary N) is 1. The van der Waals surface area contributed by atoms with Crippen molar-refractivity contribution in [3.05, 3.63) is 0 Å². The lowest BCUT2D eigenvalue weighted by Gasteiger charge is -2.24. The first-order valence-electron chi connectivity index (χ1n) is 4.26. The summed E-state index contributed by atoms with van der Waals surface area (Å²) >= 11 is 0. The summed E-state index contributed by atoms with van der Waals surface area (Å²) in [5.74, 6) is 0. The van der Waals surface area contributed by atoms with Crippen LogP contribution in [-0.4, -0.2) is 51.3 Å². The van der Waals surface area contributed by atoms with Gasteiger partial charge in [-0.3, -0.25) is 0 Å². The average molecular weight is 231 g/mol. The summed E-state index contributed by atoms with van der Waals surface area (Å²) in [5, 5.41) is 3.32. The first-order valence-corrected chi connectivity index (χ1v) is 4.26. The molecule has 1 aliphatic heterocycles. The summed E-state index contributed by atoms with van der Waals surface area (Å²) in [6.45, 7) is 4.02. The van der Waals surface area contributed by atoms with Crippen molar-refractivity contribution >= 4 is 24.8 Å². The van der Waals surface area contributed by atoms with E-state index < -0.39 is 0 Å². The van der Waals surface area contributed by atoms with Crippen LogP contribution in [0.25, 0.3) is 0 Å². The summed E-state index contributed by atoms with van der Waals surface area (Å²) < 4.78 is 5.54. The van der Waals surface area contributed by atoms with E-state index in [4.69, 9.17) is 4.74 Å². The Balaban J connectivity index is 0. The Morgan fingerprint density at radius 2 is 2.08 bits per heavy atom. The van der Waals surface area contributed by atoms with Crippen LogP contribution < -0.4 is 5.32 Å². The molecule has 0 radical (unpaired) electrons. The molecular weight excluding hydrogens is 211 g/mol. The van der Waals surface area contributed by atoms with E-state index in [1.165, 1.54) is 0 Å². The molecule has 1 aliphatic rings. The lowest BCUT2D eigenvalue weighted by Crippen LogP contribution is -2.39. The molecule has 0 aromatic carbocycles. The van der Waals surface area contributed by atoms with Crippen LogP contribution in [0.5, 0.6) is 0 Å². The molecule has 1 unspecified atom stereocenters. The minimum atomic E-state index is 0. The van der Waals surface area contributed by atoms with Gasteiger partial charge in [-0.25, -0.2) is 0 Å². The fourth-order valence-corrected chi connectivity index (χ4v) is 1.21. The Bertz CT molecular complexity index is 108. The lowest BCUT2D eigenvalue weighted by atomic mass is 10.2. The Morgan fingerprint density at radius 3 is 2.54 bits per heavy atom. The van der Waals surface area contributed by atoms with Crippen LogP contribution in [-0.2, 0) is 4.74 Å². The quantitative estimate of drug-likeness (QED) is 0.776. The molecule has 0 aromatic heterocycles. The maximum absolute atomic E-state index is 5.54. The number of morpholine rings is 1. The SMILES string of the molecule is CN(C)CCC1CNCCO1.Cl.Cl. The molecule has 82 valence electrons. The number of hydrogen-bond acceptors (Lipinski definition) is 3. The maximum atomic E-state index is 5.54. The number of hydrogen-bond donors (Lipinski definition) is 1. The minimum Gasteiger partial charge on any atom is -0.376 e. The molecule has 0 amide bonds. The third-order valence-electron chi connectivity index (χ3n) is 1.90. The van der Waals surface area contributed by atoms with Crippen molar-refractivity contribution in [2.45, 2.75) is 12.5 Å². The number of rotatable bonds is 3. The molecule has 1 N–H and O–H groups in total. The van der Waals surface area contributed by atoms with Crippen molar-refractivity contribution in [1.82, 2.24) is 10.2 Å². The van der Waals surface area contributed by atoms with Gasteiger partial charge in [-0.2, -0.15) is 0 Å². The van der Waals surface area contributed by atoms with E-state index in [9.17, 15) is 0 Å².